The van der Waals surface area contributed by atoms with E-state index >= 15 is 0 Å². The largest absolute Gasteiger partial charge is 0.344 e. The maximum Gasteiger partial charge on any atom is 0.248 e. The lowest BCUT2D eigenvalue weighted by Gasteiger charge is -2.22. The molecule has 0 radical (unpaired) electrons. The molecule has 1 saturated carbocycles. The molecule has 7 heteroatoms. The minimum Gasteiger partial charge on any atom is -0.344 e. The second kappa shape index (κ2) is 11.8. The SMILES string of the molecule is Cc1cc(=O)[nH]c2cc(NC(=O)C(CCCCN)NC(=O)CCC3CCCCC3)ccc12. The Morgan fingerprint density at radius 1 is 1.16 bits per heavy atom. The molecule has 0 saturated heterocycles. The van der Waals surface area contributed by atoms with E-state index in [2.05, 4.69) is 15.6 Å². The lowest BCUT2D eigenvalue weighted by atomic mass is 9.86. The van der Waals surface area contributed by atoms with Crippen molar-refractivity contribution in [3.63, 3.8) is 0 Å². The molecule has 1 heterocycles. The number of anilines is 1. The summed E-state index contributed by atoms with van der Waals surface area (Å²) in [7, 11) is 0. The Labute approximate surface area is 189 Å². The Balaban J connectivity index is 1.63. The Morgan fingerprint density at radius 3 is 2.69 bits per heavy atom. The van der Waals surface area contributed by atoms with E-state index in [0.717, 1.165) is 30.2 Å². The zero-order chi connectivity index (χ0) is 22.9. The summed E-state index contributed by atoms with van der Waals surface area (Å²) in [5.74, 6) is 0.312. The van der Waals surface area contributed by atoms with E-state index < -0.39 is 6.04 Å². The summed E-state index contributed by atoms with van der Waals surface area (Å²) in [6.07, 6.45) is 9.69. The zero-order valence-electron chi connectivity index (χ0n) is 19.0. The van der Waals surface area contributed by atoms with Crippen molar-refractivity contribution in [2.24, 2.45) is 11.7 Å². The molecule has 174 valence electrons. The maximum absolute atomic E-state index is 13.0. The molecule has 2 aromatic rings. The van der Waals surface area contributed by atoms with E-state index in [4.69, 9.17) is 5.73 Å². The molecule has 0 aliphatic heterocycles. The number of aryl methyl sites for hydroxylation is 1. The molecule has 2 amide bonds. The maximum atomic E-state index is 13.0. The molecule has 5 N–H and O–H groups in total. The highest BCUT2D eigenvalue weighted by atomic mass is 16.2. The molecule has 1 aromatic heterocycles. The molecular formula is C25H36N4O3. The molecule has 1 aliphatic rings. The van der Waals surface area contributed by atoms with Gasteiger partial charge in [0, 0.05) is 23.6 Å². The molecule has 1 unspecified atom stereocenters. The fourth-order valence-electron chi connectivity index (χ4n) is 4.58. The number of hydrogen-bond donors (Lipinski definition) is 4. The number of benzene rings is 1. The molecule has 7 nitrogen and oxygen atoms in total. The van der Waals surface area contributed by atoms with Gasteiger partial charge in [0.25, 0.3) is 0 Å². The van der Waals surface area contributed by atoms with Crippen LogP contribution in [0.1, 0.15) is 69.8 Å². The zero-order valence-corrected chi connectivity index (χ0v) is 19.0. The molecule has 1 atom stereocenters. The summed E-state index contributed by atoms with van der Waals surface area (Å²) < 4.78 is 0. The fourth-order valence-corrected chi connectivity index (χ4v) is 4.58. The number of rotatable bonds is 10. The highest BCUT2D eigenvalue weighted by Crippen LogP contribution is 2.27. The van der Waals surface area contributed by atoms with Crippen molar-refractivity contribution in [2.75, 3.05) is 11.9 Å². The molecule has 0 spiro atoms. The van der Waals surface area contributed by atoms with E-state index in [9.17, 15) is 14.4 Å². The van der Waals surface area contributed by atoms with E-state index in [1.54, 1.807) is 12.1 Å². The molecule has 3 rings (SSSR count). The first-order valence-corrected chi connectivity index (χ1v) is 11.9. The predicted molar refractivity (Wildman–Crippen MR) is 129 cm³/mol. The monoisotopic (exact) mass is 440 g/mol. The van der Waals surface area contributed by atoms with Gasteiger partial charge in [-0.2, -0.15) is 0 Å². The number of aromatic nitrogens is 1. The van der Waals surface area contributed by atoms with Crippen molar-refractivity contribution in [2.45, 2.75) is 77.2 Å². The van der Waals surface area contributed by atoms with Crippen LogP contribution in [-0.2, 0) is 9.59 Å². The first kappa shape index (κ1) is 24.0. The molecule has 1 aromatic carbocycles. The third kappa shape index (κ3) is 6.92. The third-order valence-corrected chi connectivity index (χ3v) is 6.42. The first-order chi connectivity index (χ1) is 15.5. The third-order valence-electron chi connectivity index (χ3n) is 6.42. The summed E-state index contributed by atoms with van der Waals surface area (Å²) in [6.45, 7) is 2.44. The number of amides is 2. The quantitative estimate of drug-likeness (QED) is 0.421. The van der Waals surface area contributed by atoms with Gasteiger partial charge >= 0.3 is 0 Å². The van der Waals surface area contributed by atoms with Gasteiger partial charge in [-0.3, -0.25) is 14.4 Å². The van der Waals surface area contributed by atoms with Crippen molar-refractivity contribution >= 4 is 28.4 Å². The van der Waals surface area contributed by atoms with Gasteiger partial charge < -0.3 is 21.4 Å². The van der Waals surface area contributed by atoms with Crippen molar-refractivity contribution in [3.05, 3.63) is 40.2 Å². The number of nitrogens with one attached hydrogen (secondary N) is 3. The number of fused-ring (bicyclic) bond motifs is 1. The van der Waals surface area contributed by atoms with Crippen LogP contribution in [0.5, 0.6) is 0 Å². The van der Waals surface area contributed by atoms with Gasteiger partial charge in [0.15, 0.2) is 0 Å². The average molecular weight is 441 g/mol. The van der Waals surface area contributed by atoms with Crippen LogP contribution in [0.3, 0.4) is 0 Å². The number of unbranched alkanes of at least 4 members (excludes halogenated alkanes) is 1. The summed E-state index contributed by atoms with van der Waals surface area (Å²) in [5.41, 5.74) is 7.57. The average Bonchev–Trinajstić information content (AvgIpc) is 2.77. The van der Waals surface area contributed by atoms with Gasteiger partial charge in [-0.05, 0) is 62.8 Å². The van der Waals surface area contributed by atoms with E-state index in [0.29, 0.717) is 36.5 Å². The standard InChI is InChI=1S/C25H36N4O3/c1-17-15-24(31)29-22-16-19(11-12-20(17)22)27-25(32)21(9-5-6-14-26)28-23(30)13-10-18-7-3-2-4-8-18/h11-12,15-16,18,21H,2-10,13-14,26H2,1H3,(H,27,32)(H,28,30)(H,29,31). The molecule has 1 aliphatic carbocycles. The summed E-state index contributed by atoms with van der Waals surface area (Å²) >= 11 is 0. The van der Waals surface area contributed by atoms with E-state index in [1.165, 1.54) is 32.1 Å². The molecule has 0 bridgehead atoms. The summed E-state index contributed by atoms with van der Waals surface area (Å²) in [6, 6.07) is 6.39. The van der Waals surface area contributed by atoms with Crippen LogP contribution in [0.2, 0.25) is 0 Å². The van der Waals surface area contributed by atoms with Crippen LogP contribution in [0.15, 0.2) is 29.1 Å². The van der Waals surface area contributed by atoms with Crippen LogP contribution in [-0.4, -0.2) is 29.4 Å². The van der Waals surface area contributed by atoms with Crippen molar-refractivity contribution in [1.82, 2.24) is 10.3 Å². The second-order valence-electron chi connectivity index (χ2n) is 9.01. The molecule has 1 fully saturated rings. The van der Waals surface area contributed by atoms with Crippen LogP contribution in [0, 0.1) is 12.8 Å². The summed E-state index contributed by atoms with van der Waals surface area (Å²) in [4.78, 5) is 40.2. The lowest BCUT2D eigenvalue weighted by molar-refractivity contribution is -0.126. The van der Waals surface area contributed by atoms with Crippen LogP contribution < -0.4 is 21.9 Å². The molecule has 32 heavy (non-hydrogen) atoms. The molecular weight excluding hydrogens is 404 g/mol. The number of aromatic amines is 1. The minimum absolute atomic E-state index is 0.0676. The van der Waals surface area contributed by atoms with Crippen molar-refractivity contribution in [3.8, 4) is 0 Å². The summed E-state index contributed by atoms with van der Waals surface area (Å²) in [5, 5.41) is 6.77. The normalized spacial score (nSPS) is 15.4. The van der Waals surface area contributed by atoms with Gasteiger partial charge in [-0.25, -0.2) is 0 Å². The predicted octanol–water partition coefficient (Wildman–Crippen LogP) is 3.75. The number of H-pyrrole nitrogens is 1. The minimum atomic E-state index is -0.604. The second-order valence-corrected chi connectivity index (χ2v) is 9.01. The van der Waals surface area contributed by atoms with E-state index in [-0.39, 0.29) is 17.4 Å². The number of nitrogens with two attached hydrogens (primary N) is 1. The first-order valence-electron chi connectivity index (χ1n) is 11.9. The van der Waals surface area contributed by atoms with Crippen LogP contribution >= 0.6 is 0 Å². The van der Waals surface area contributed by atoms with Gasteiger partial charge in [-0.1, -0.05) is 38.2 Å². The highest BCUT2D eigenvalue weighted by molar-refractivity contribution is 5.98. The lowest BCUT2D eigenvalue weighted by Crippen LogP contribution is -2.44. The Morgan fingerprint density at radius 2 is 1.94 bits per heavy atom. The van der Waals surface area contributed by atoms with Gasteiger partial charge in [0.1, 0.15) is 6.04 Å². The van der Waals surface area contributed by atoms with Crippen molar-refractivity contribution < 1.29 is 9.59 Å². The fraction of sp³-hybridized carbons (Fsp3) is 0.560. The number of carbonyl (C=O) groups is 2. The topological polar surface area (TPSA) is 117 Å². The van der Waals surface area contributed by atoms with Crippen LogP contribution in [0.4, 0.5) is 5.69 Å². The number of carbonyl (C=O) groups excluding carboxylic acids is 2. The number of pyridine rings is 1. The van der Waals surface area contributed by atoms with Gasteiger partial charge in [-0.15, -0.1) is 0 Å². The van der Waals surface area contributed by atoms with Gasteiger partial charge in [0.2, 0.25) is 17.4 Å². The van der Waals surface area contributed by atoms with Crippen LogP contribution in [0.25, 0.3) is 10.9 Å². The van der Waals surface area contributed by atoms with Gasteiger partial charge in [0.05, 0.1) is 5.52 Å². The Hall–Kier alpha value is -2.67. The van der Waals surface area contributed by atoms with Crippen molar-refractivity contribution in [1.29, 1.82) is 0 Å². The number of hydrogen-bond acceptors (Lipinski definition) is 4. The highest BCUT2D eigenvalue weighted by Gasteiger charge is 2.22. The smallest absolute Gasteiger partial charge is 0.248 e. The Kier molecular flexibility index (Phi) is 8.85. The van der Waals surface area contributed by atoms with E-state index in [1.807, 2.05) is 19.1 Å². The Bertz CT molecular complexity index is 979.